The van der Waals surface area contributed by atoms with Crippen molar-refractivity contribution < 1.29 is 9.21 Å². The van der Waals surface area contributed by atoms with Crippen LogP contribution in [0, 0.1) is 0 Å². The van der Waals surface area contributed by atoms with Crippen molar-refractivity contribution >= 4 is 17.6 Å². The third-order valence-corrected chi connectivity index (χ3v) is 2.71. The maximum Gasteiger partial charge on any atom is 0.243 e. The summed E-state index contributed by atoms with van der Waals surface area (Å²) >= 11 is 0. The minimum absolute atomic E-state index is 0.132. The number of amides is 1. The smallest absolute Gasteiger partial charge is 0.243 e. The summed E-state index contributed by atoms with van der Waals surface area (Å²) in [6.45, 7) is 0.639. The lowest BCUT2D eigenvalue weighted by Gasteiger charge is -2.11. The van der Waals surface area contributed by atoms with E-state index in [4.69, 9.17) is 4.42 Å². The van der Waals surface area contributed by atoms with Gasteiger partial charge in [0, 0.05) is 12.7 Å². The van der Waals surface area contributed by atoms with Crippen molar-refractivity contribution in [1.29, 1.82) is 0 Å². The Morgan fingerprint density at radius 1 is 1.14 bits per heavy atom. The highest BCUT2D eigenvalue weighted by Gasteiger charge is 2.04. The second-order valence-electron chi connectivity index (χ2n) is 4.27. The van der Waals surface area contributed by atoms with Gasteiger partial charge in [-0.15, -0.1) is 0 Å². The van der Waals surface area contributed by atoms with Crippen molar-refractivity contribution in [2.24, 2.45) is 4.99 Å². The Kier molecular flexibility index (Phi) is 5.40. The summed E-state index contributed by atoms with van der Waals surface area (Å²) in [7, 11) is 1.65. The molecule has 0 unspecified atom stereocenters. The molecule has 2 rings (SSSR count). The number of carbonyl (C=O) groups is 1. The van der Waals surface area contributed by atoms with E-state index < -0.39 is 0 Å². The number of guanidine groups is 1. The summed E-state index contributed by atoms with van der Waals surface area (Å²) in [4.78, 5) is 15.8. The molecule has 6 heteroatoms. The molecule has 0 atom stereocenters. The van der Waals surface area contributed by atoms with E-state index in [9.17, 15) is 4.79 Å². The molecule has 0 bridgehead atoms. The van der Waals surface area contributed by atoms with E-state index in [-0.39, 0.29) is 12.5 Å². The molecule has 0 aliphatic heterocycles. The van der Waals surface area contributed by atoms with Crippen LogP contribution in [0.2, 0.25) is 0 Å². The first-order valence-electron chi connectivity index (χ1n) is 6.60. The van der Waals surface area contributed by atoms with Gasteiger partial charge in [0.1, 0.15) is 5.76 Å². The number of hydrogen-bond acceptors (Lipinski definition) is 3. The predicted molar refractivity (Wildman–Crippen MR) is 82.0 cm³/mol. The summed E-state index contributed by atoms with van der Waals surface area (Å²) in [5.74, 6) is 1.20. The Bertz CT molecular complexity index is 579. The molecule has 1 heterocycles. The van der Waals surface area contributed by atoms with Crippen LogP contribution in [-0.2, 0) is 11.3 Å². The normalized spacial score (nSPS) is 11.0. The van der Waals surface area contributed by atoms with Crippen molar-refractivity contribution in [3.63, 3.8) is 0 Å². The van der Waals surface area contributed by atoms with Crippen LogP contribution < -0.4 is 16.0 Å². The number of nitrogens with zero attached hydrogens (tertiary/aromatic N) is 1. The molecule has 0 radical (unpaired) electrons. The first-order valence-corrected chi connectivity index (χ1v) is 6.60. The average molecular weight is 286 g/mol. The average Bonchev–Trinajstić information content (AvgIpc) is 3.02. The Morgan fingerprint density at radius 3 is 2.62 bits per heavy atom. The zero-order valence-corrected chi connectivity index (χ0v) is 11.8. The Labute approximate surface area is 123 Å². The van der Waals surface area contributed by atoms with Crippen LogP contribution in [0.3, 0.4) is 0 Å². The van der Waals surface area contributed by atoms with Crippen LogP contribution in [0.1, 0.15) is 5.76 Å². The number of para-hydroxylation sites is 1. The summed E-state index contributed by atoms with van der Waals surface area (Å²) in [6, 6.07) is 13.0. The summed E-state index contributed by atoms with van der Waals surface area (Å²) in [6.07, 6.45) is 1.61. The van der Waals surface area contributed by atoms with E-state index >= 15 is 0 Å². The maximum atomic E-state index is 11.8. The largest absolute Gasteiger partial charge is 0.467 e. The molecule has 0 aliphatic carbocycles. The van der Waals surface area contributed by atoms with Gasteiger partial charge in [0.2, 0.25) is 5.91 Å². The molecule has 1 amide bonds. The van der Waals surface area contributed by atoms with Crippen LogP contribution in [-0.4, -0.2) is 25.5 Å². The molecular formula is C15H18N4O2. The zero-order valence-electron chi connectivity index (χ0n) is 11.8. The lowest BCUT2D eigenvalue weighted by molar-refractivity contribution is -0.115. The summed E-state index contributed by atoms with van der Waals surface area (Å²) in [5.41, 5.74) is 0.767. The van der Waals surface area contributed by atoms with E-state index in [0.29, 0.717) is 12.5 Å². The molecule has 0 saturated heterocycles. The fourth-order valence-corrected chi connectivity index (χ4v) is 1.70. The van der Waals surface area contributed by atoms with Gasteiger partial charge in [-0.2, -0.15) is 0 Å². The Balaban J connectivity index is 1.74. The molecule has 0 aliphatic rings. The highest BCUT2D eigenvalue weighted by atomic mass is 16.3. The molecule has 0 fully saturated rings. The van der Waals surface area contributed by atoms with E-state index in [1.54, 1.807) is 13.3 Å². The number of rotatable bonds is 5. The van der Waals surface area contributed by atoms with E-state index in [2.05, 4.69) is 20.9 Å². The fraction of sp³-hybridized carbons (Fsp3) is 0.200. The van der Waals surface area contributed by atoms with Gasteiger partial charge in [-0.25, -0.2) is 0 Å². The zero-order chi connectivity index (χ0) is 14.9. The quantitative estimate of drug-likeness (QED) is 0.576. The lowest BCUT2D eigenvalue weighted by atomic mass is 10.3. The van der Waals surface area contributed by atoms with Crippen molar-refractivity contribution in [2.75, 3.05) is 18.9 Å². The summed E-state index contributed by atoms with van der Waals surface area (Å²) < 4.78 is 5.21. The highest BCUT2D eigenvalue weighted by Crippen LogP contribution is 2.03. The van der Waals surface area contributed by atoms with Gasteiger partial charge in [0.05, 0.1) is 19.4 Å². The Hall–Kier alpha value is -2.76. The lowest BCUT2D eigenvalue weighted by Crippen LogP contribution is -2.41. The molecule has 21 heavy (non-hydrogen) atoms. The van der Waals surface area contributed by atoms with Gasteiger partial charge in [0.25, 0.3) is 0 Å². The molecule has 0 saturated carbocycles. The van der Waals surface area contributed by atoms with Gasteiger partial charge in [-0.3, -0.25) is 9.79 Å². The van der Waals surface area contributed by atoms with Crippen molar-refractivity contribution in [3.8, 4) is 0 Å². The van der Waals surface area contributed by atoms with Gasteiger partial charge >= 0.3 is 0 Å². The maximum absolute atomic E-state index is 11.8. The molecular weight excluding hydrogens is 268 g/mol. The second kappa shape index (κ2) is 7.74. The standard InChI is InChI=1S/C15H18N4O2/c1-16-15(17-10-13-8-5-9-21-13)18-11-14(20)19-12-6-3-2-4-7-12/h2-9H,10-11H2,1H3,(H,19,20)(H2,16,17,18). The molecule has 3 N–H and O–H groups in total. The number of nitrogens with one attached hydrogen (secondary N) is 3. The van der Waals surface area contributed by atoms with Crippen LogP contribution in [0.4, 0.5) is 5.69 Å². The predicted octanol–water partition coefficient (Wildman–Crippen LogP) is 1.58. The third kappa shape index (κ3) is 5.02. The van der Waals surface area contributed by atoms with Crippen LogP contribution in [0.15, 0.2) is 58.1 Å². The summed E-state index contributed by atoms with van der Waals surface area (Å²) in [5, 5.41) is 8.78. The van der Waals surface area contributed by atoms with E-state index in [1.807, 2.05) is 42.5 Å². The van der Waals surface area contributed by atoms with E-state index in [1.165, 1.54) is 0 Å². The number of furan rings is 1. The number of hydrogen-bond donors (Lipinski definition) is 3. The second-order valence-corrected chi connectivity index (χ2v) is 4.27. The first kappa shape index (κ1) is 14.6. The SMILES string of the molecule is CN=C(NCC(=O)Nc1ccccc1)NCc1ccco1. The Morgan fingerprint density at radius 2 is 1.95 bits per heavy atom. The van der Waals surface area contributed by atoms with Crippen LogP contribution in [0.5, 0.6) is 0 Å². The van der Waals surface area contributed by atoms with Crippen LogP contribution >= 0.6 is 0 Å². The van der Waals surface area contributed by atoms with Gasteiger partial charge in [0.15, 0.2) is 5.96 Å². The molecule has 6 nitrogen and oxygen atoms in total. The number of anilines is 1. The number of benzene rings is 1. The van der Waals surface area contributed by atoms with Crippen molar-refractivity contribution in [3.05, 3.63) is 54.5 Å². The van der Waals surface area contributed by atoms with Crippen molar-refractivity contribution in [2.45, 2.75) is 6.54 Å². The van der Waals surface area contributed by atoms with E-state index in [0.717, 1.165) is 11.4 Å². The third-order valence-electron chi connectivity index (χ3n) is 2.71. The molecule has 0 spiro atoms. The number of aliphatic imine (C=N–C) groups is 1. The van der Waals surface area contributed by atoms with Gasteiger partial charge in [-0.05, 0) is 24.3 Å². The molecule has 1 aromatic heterocycles. The van der Waals surface area contributed by atoms with Crippen molar-refractivity contribution in [1.82, 2.24) is 10.6 Å². The van der Waals surface area contributed by atoms with Crippen LogP contribution in [0.25, 0.3) is 0 Å². The number of carbonyl (C=O) groups excluding carboxylic acids is 1. The monoisotopic (exact) mass is 286 g/mol. The molecule has 1 aromatic carbocycles. The minimum Gasteiger partial charge on any atom is -0.467 e. The molecule has 2 aromatic rings. The minimum atomic E-state index is -0.137. The topological polar surface area (TPSA) is 78.7 Å². The first-order chi connectivity index (χ1) is 10.3. The van der Waals surface area contributed by atoms with Gasteiger partial charge in [-0.1, -0.05) is 18.2 Å². The fourth-order valence-electron chi connectivity index (χ4n) is 1.70. The molecule has 110 valence electrons. The van der Waals surface area contributed by atoms with Gasteiger partial charge < -0.3 is 20.4 Å². The highest BCUT2D eigenvalue weighted by molar-refractivity contribution is 5.94.